The van der Waals surface area contributed by atoms with Crippen LogP contribution in [-0.2, 0) is 33.3 Å². The molecule has 89 heavy (non-hydrogen) atoms. The molecule has 0 aromatic heterocycles. The molecule has 0 aliphatic rings. The third-order valence-corrected chi connectivity index (χ3v) is 14.8. The molecular formula is C80H132NO8+. The third-order valence-electron chi connectivity index (χ3n) is 14.8. The Morgan fingerprint density at radius 3 is 0.955 bits per heavy atom. The lowest BCUT2D eigenvalue weighted by Gasteiger charge is -2.25. The summed E-state index contributed by atoms with van der Waals surface area (Å²) in [7, 11) is 5.96. The highest BCUT2D eigenvalue weighted by molar-refractivity contribution is 5.71. The van der Waals surface area contributed by atoms with Crippen LogP contribution in [0, 0.1) is 0 Å². The summed E-state index contributed by atoms with van der Waals surface area (Å²) in [5, 5.41) is 9.75. The molecule has 0 radical (unpaired) electrons. The average molecular weight is 1240 g/mol. The fourth-order valence-corrected chi connectivity index (χ4v) is 9.34. The number of ether oxygens (including phenoxy) is 4. The van der Waals surface area contributed by atoms with Gasteiger partial charge >= 0.3 is 17.9 Å². The maximum absolute atomic E-state index is 12.9. The van der Waals surface area contributed by atoms with Gasteiger partial charge in [0, 0.05) is 12.8 Å². The lowest BCUT2D eigenvalue weighted by molar-refractivity contribution is -0.870. The standard InChI is InChI=1S/C80H131NO8/c1-6-8-10-12-14-16-18-20-22-24-26-28-30-31-32-33-34-35-36-37-38-39-40-41-42-43-44-45-46-47-49-51-53-55-57-59-61-63-65-67-69-71-78(83)89-76(75-88-80(79(84)85)86-73-72-81(3,4)5)74-87-77(82)70-68-66-64-62-60-58-56-54-52-50-48-29-27-25-23-21-19-17-15-13-11-9-7-2/h8,10,14,16,19-22,25-28,31-32,34-35,37-38,40-41,43-44,46-48,50,76,80H,6-7,9,11-13,15,17-18,23-24,29-30,33,36,39,42,45,49,51-75H2,1-5H3/p+1/b10-8-,16-14-,21-19-,22-20-,27-25-,28-26-,32-31-,35-34-,38-37-,41-40-,44-43-,47-46-,50-48-. The minimum Gasteiger partial charge on any atom is -0.477 e. The second-order valence-corrected chi connectivity index (χ2v) is 24.5. The van der Waals surface area contributed by atoms with Gasteiger partial charge in [0.25, 0.3) is 6.29 Å². The number of carbonyl (C=O) groups is 3. The predicted octanol–water partition coefficient (Wildman–Crippen LogP) is 22.5. The second kappa shape index (κ2) is 68.8. The number of esters is 2. The van der Waals surface area contributed by atoms with E-state index < -0.39 is 24.3 Å². The minimum absolute atomic E-state index is 0.178. The Labute approximate surface area is 546 Å². The number of likely N-dealkylation sites (N-methyl/N-ethyl adjacent to an activating group) is 1. The molecule has 0 saturated carbocycles. The number of unbranched alkanes of at least 4 members (excludes halogenated alkanes) is 23. The smallest absolute Gasteiger partial charge is 0.361 e. The van der Waals surface area contributed by atoms with E-state index in [-0.39, 0.29) is 38.6 Å². The summed E-state index contributed by atoms with van der Waals surface area (Å²) >= 11 is 0. The zero-order valence-corrected chi connectivity index (χ0v) is 57.5. The van der Waals surface area contributed by atoms with E-state index in [1.807, 2.05) is 21.1 Å². The number of hydrogen-bond acceptors (Lipinski definition) is 7. The van der Waals surface area contributed by atoms with Gasteiger partial charge in [-0.15, -0.1) is 0 Å². The van der Waals surface area contributed by atoms with Gasteiger partial charge in [0.1, 0.15) is 13.2 Å². The van der Waals surface area contributed by atoms with Crippen molar-refractivity contribution in [3.05, 3.63) is 158 Å². The van der Waals surface area contributed by atoms with Crippen LogP contribution < -0.4 is 0 Å². The zero-order chi connectivity index (χ0) is 64.7. The molecule has 504 valence electrons. The van der Waals surface area contributed by atoms with Crippen molar-refractivity contribution in [1.29, 1.82) is 0 Å². The van der Waals surface area contributed by atoms with Gasteiger partial charge in [-0.1, -0.05) is 287 Å². The van der Waals surface area contributed by atoms with E-state index in [0.717, 1.165) is 135 Å². The predicted molar refractivity (Wildman–Crippen MR) is 382 cm³/mol. The van der Waals surface area contributed by atoms with Gasteiger partial charge in [0.15, 0.2) is 6.10 Å². The molecule has 0 amide bonds. The van der Waals surface area contributed by atoms with Crippen molar-refractivity contribution in [1.82, 2.24) is 0 Å². The van der Waals surface area contributed by atoms with Gasteiger partial charge in [0.05, 0.1) is 34.4 Å². The van der Waals surface area contributed by atoms with E-state index in [0.29, 0.717) is 17.4 Å². The van der Waals surface area contributed by atoms with Crippen LogP contribution in [0.2, 0.25) is 0 Å². The Kier molecular flexibility index (Phi) is 64.9. The van der Waals surface area contributed by atoms with Crippen LogP contribution in [-0.4, -0.2) is 87.4 Å². The van der Waals surface area contributed by atoms with Gasteiger partial charge < -0.3 is 28.5 Å². The first-order chi connectivity index (χ1) is 43.6. The summed E-state index contributed by atoms with van der Waals surface area (Å²) in [6.07, 6.45) is 99.2. The Morgan fingerprint density at radius 1 is 0.348 bits per heavy atom. The van der Waals surface area contributed by atoms with Crippen LogP contribution in [0.4, 0.5) is 0 Å². The van der Waals surface area contributed by atoms with Crippen LogP contribution in [0.25, 0.3) is 0 Å². The van der Waals surface area contributed by atoms with E-state index in [9.17, 15) is 19.5 Å². The summed E-state index contributed by atoms with van der Waals surface area (Å²) in [5.41, 5.74) is 0. The first-order valence-corrected chi connectivity index (χ1v) is 35.6. The SMILES string of the molecule is CC/C=C\C/C=C\C/C=C\C/C=C\C/C=C\C/C=C\C/C=C\C/C=C\C/C=C\C/C=C\CCCCCCCCCCCCC(=O)OC(COC(=O)CCCCCCCCCC/C=C\C/C=C\C/C=C\CCCCCCC)COC(OCC[N+](C)(C)C)C(=O)O. The number of carboxylic acid groups (broad SMARTS) is 1. The summed E-state index contributed by atoms with van der Waals surface area (Å²) in [4.78, 5) is 37.6. The number of rotatable bonds is 64. The quantitative estimate of drug-likeness (QED) is 0.0211. The molecule has 0 aliphatic carbocycles. The van der Waals surface area contributed by atoms with Crippen LogP contribution in [0.15, 0.2) is 158 Å². The minimum atomic E-state index is -1.52. The van der Waals surface area contributed by atoms with E-state index in [1.54, 1.807) is 0 Å². The van der Waals surface area contributed by atoms with Crippen molar-refractivity contribution >= 4 is 17.9 Å². The summed E-state index contributed by atoms with van der Waals surface area (Å²) in [5.74, 6) is -2.03. The summed E-state index contributed by atoms with van der Waals surface area (Å²) < 4.78 is 23.0. The Bertz CT molecular complexity index is 2020. The first-order valence-electron chi connectivity index (χ1n) is 35.6. The fraction of sp³-hybridized carbons (Fsp3) is 0.637. The number of nitrogens with zero attached hydrogens (tertiary/aromatic N) is 1. The van der Waals surface area contributed by atoms with Crippen LogP contribution >= 0.6 is 0 Å². The molecule has 0 aromatic carbocycles. The van der Waals surface area contributed by atoms with Gasteiger partial charge in [-0.3, -0.25) is 9.59 Å². The van der Waals surface area contributed by atoms with Gasteiger partial charge in [-0.25, -0.2) is 4.79 Å². The molecule has 0 fully saturated rings. The highest BCUT2D eigenvalue weighted by Gasteiger charge is 2.25. The first kappa shape index (κ1) is 83.9. The number of aliphatic carboxylic acids is 1. The lowest BCUT2D eigenvalue weighted by atomic mass is 10.0. The molecule has 0 saturated heterocycles. The molecule has 0 aromatic rings. The molecule has 0 heterocycles. The molecule has 2 atom stereocenters. The number of hydrogen-bond donors (Lipinski definition) is 1. The molecule has 2 unspecified atom stereocenters. The molecule has 0 bridgehead atoms. The number of carbonyl (C=O) groups excluding carboxylic acids is 2. The molecule has 1 N–H and O–H groups in total. The van der Waals surface area contributed by atoms with E-state index >= 15 is 0 Å². The molecule has 9 nitrogen and oxygen atoms in total. The third kappa shape index (κ3) is 70.2. The van der Waals surface area contributed by atoms with Crippen molar-refractivity contribution in [2.75, 3.05) is 47.5 Å². The Morgan fingerprint density at radius 2 is 0.640 bits per heavy atom. The van der Waals surface area contributed by atoms with Crippen LogP contribution in [0.3, 0.4) is 0 Å². The average Bonchev–Trinajstić information content (AvgIpc) is 3.64. The Hall–Kier alpha value is -5.09. The van der Waals surface area contributed by atoms with E-state index in [1.165, 1.54) is 103 Å². The molecule has 9 heteroatoms. The van der Waals surface area contributed by atoms with Gasteiger partial charge in [-0.05, 0) is 128 Å². The summed E-state index contributed by atoms with van der Waals surface area (Å²) in [6.45, 7) is 4.73. The summed E-state index contributed by atoms with van der Waals surface area (Å²) in [6, 6.07) is 0. The fourth-order valence-electron chi connectivity index (χ4n) is 9.34. The van der Waals surface area contributed by atoms with Gasteiger partial charge in [-0.2, -0.15) is 0 Å². The molecule has 0 rings (SSSR count). The molecule has 0 spiro atoms. The van der Waals surface area contributed by atoms with E-state index in [2.05, 4.69) is 172 Å². The topological polar surface area (TPSA) is 108 Å². The Balaban J connectivity index is 4.17. The monoisotopic (exact) mass is 1230 g/mol. The maximum Gasteiger partial charge on any atom is 0.361 e. The highest BCUT2D eigenvalue weighted by Crippen LogP contribution is 2.16. The molecule has 0 aliphatic heterocycles. The van der Waals surface area contributed by atoms with Gasteiger partial charge in [0.2, 0.25) is 0 Å². The molecular weight excluding hydrogens is 1100 g/mol. The van der Waals surface area contributed by atoms with Crippen molar-refractivity contribution in [3.8, 4) is 0 Å². The van der Waals surface area contributed by atoms with Crippen molar-refractivity contribution in [3.63, 3.8) is 0 Å². The largest absolute Gasteiger partial charge is 0.477 e. The van der Waals surface area contributed by atoms with Crippen LogP contribution in [0.5, 0.6) is 0 Å². The second-order valence-electron chi connectivity index (χ2n) is 24.5. The van der Waals surface area contributed by atoms with E-state index in [4.69, 9.17) is 18.9 Å². The van der Waals surface area contributed by atoms with Crippen molar-refractivity contribution in [2.24, 2.45) is 0 Å². The number of quaternary nitrogens is 1. The number of carboxylic acids is 1. The highest BCUT2D eigenvalue weighted by atomic mass is 16.7. The number of allylic oxidation sites excluding steroid dienone is 26. The van der Waals surface area contributed by atoms with Crippen molar-refractivity contribution < 1.29 is 42.9 Å². The van der Waals surface area contributed by atoms with Crippen molar-refractivity contribution in [2.45, 2.75) is 283 Å². The maximum atomic E-state index is 12.9. The normalized spacial score (nSPS) is 13.7. The zero-order valence-electron chi connectivity index (χ0n) is 57.5. The lowest BCUT2D eigenvalue weighted by Crippen LogP contribution is -2.40. The van der Waals surface area contributed by atoms with Crippen LogP contribution in [0.1, 0.15) is 271 Å².